The molecule has 0 saturated carbocycles. The highest BCUT2D eigenvalue weighted by molar-refractivity contribution is 5.82. The fourth-order valence-electron chi connectivity index (χ4n) is 3.27. The highest BCUT2D eigenvalue weighted by Gasteiger charge is 2.35. The molecule has 126 valence electrons. The van der Waals surface area contributed by atoms with E-state index in [1.54, 1.807) is 0 Å². The third kappa shape index (κ3) is 2.60. The number of hydrogen-bond acceptors (Lipinski definition) is 5. The predicted octanol–water partition coefficient (Wildman–Crippen LogP) is 1.25. The van der Waals surface area contributed by atoms with Crippen molar-refractivity contribution in [1.82, 2.24) is 20.1 Å². The van der Waals surface area contributed by atoms with Gasteiger partial charge in [-0.25, -0.2) is 0 Å². The van der Waals surface area contributed by atoms with Gasteiger partial charge in [-0.2, -0.15) is 0 Å². The highest BCUT2D eigenvalue weighted by atomic mass is 16.6. The van der Waals surface area contributed by atoms with Crippen molar-refractivity contribution in [2.75, 3.05) is 0 Å². The number of aryl methyl sites for hydroxylation is 2. The molecule has 7 nitrogen and oxygen atoms in total. The normalized spacial score (nSPS) is 25.0. The maximum atomic E-state index is 12.7. The number of ether oxygens (including phenoxy) is 2. The fraction of sp³-hybridized carbons (Fsp3) is 0.471. The Hall–Kier alpha value is -2.57. The number of carbonyl (C=O) groups excluding carboxylic acids is 1. The number of carbonyl (C=O) groups is 1. The van der Waals surface area contributed by atoms with Crippen molar-refractivity contribution in [3.05, 3.63) is 35.9 Å². The Morgan fingerprint density at radius 2 is 2.00 bits per heavy atom. The molecule has 0 spiro atoms. The molecule has 3 atom stereocenters. The van der Waals surface area contributed by atoms with E-state index in [-0.39, 0.29) is 18.1 Å². The number of rotatable bonds is 2. The van der Waals surface area contributed by atoms with Crippen molar-refractivity contribution in [2.45, 2.75) is 51.5 Å². The summed E-state index contributed by atoms with van der Waals surface area (Å²) in [5.74, 6) is 3.00. The lowest BCUT2D eigenvalue weighted by Gasteiger charge is -2.33. The summed E-state index contributed by atoms with van der Waals surface area (Å²) in [7, 11) is 0. The van der Waals surface area contributed by atoms with Crippen LogP contribution in [0.5, 0.6) is 11.5 Å². The minimum absolute atomic E-state index is 0.0488. The van der Waals surface area contributed by atoms with Crippen LogP contribution in [0.3, 0.4) is 0 Å². The van der Waals surface area contributed by atoms with E-state index in [1.807, 2.05) is 38.1 Å². The van der Waals surface area contributed by atoms with E-state index in [0.717, 1.165) is 24.5 Å². The second kappa shape index (κ2) is 5.81. The number of nitrogens with zero attached hydrogens (tertiary/aromatic N) is 3. The van der Waals surface area contributed by atoms with Crippen LogP contribution >= 0.6 is 0 Å². The minimum Gasteiger partial charge on any atom is -0.482 e. The van der Waals surface area contributed by atoms with Gasteiger partial charge < -0.3 is 19.4 Å². The van der Waals surface area contributed by atoms with Crippen LogP contribution < -0.4 is 14.8 Å². The van der Waals surface area contributed by atoms with E-state index in [0.29, 0.717) is 18.0 Å². The molecule has 0 aliphatic carbocycles. The van der Waals surface area contributed by atoms with Crippen LogP contribution in [0.15, 0.2) is 24.3 Å². The van der Waals surface area contributed by atoms with E-state index in [1.165, 1.54) is 0 Å². The molecule has 4 rings (SSSR count). The lowest BCUT2D eigenvalue weighted by Crippen LogP contribution is -2.53. The van der Waals surface area contributed by atoms with E-state index < -0.39 is 6.10 Å². The van der Waals surface area contributed by atoms with Crippen LogP contribution in [-0.4, -0.2) is 38.9 Å². The standard InChI is InChI=1S/C17H20N4O3/c1-10-16(24-14-6-4-3-5-13(14)23-10)17(22)18-12-7-8-15-20-19-11(2)21(15)9-12/h3-6,10,12,16H,7-9H2,1-2H3,(H,18,22)/t10-,12-,16-/m1/s1. The van der Waals surface area contributed by atoms with Gasteiger partial charge in [-0.05, 0) is 32.4 Å². The third-order valence-electron chi connectivity index (χ3n) is 4.58. The molecule has 1 aromatic carbocycles. The average Bonchev–Trinajstić information content (AvgIpc) is 2.95. The Morgan fingerprint density at radius 1 is 1.25 bits per heavy atom. The quantitative estimate of drug-likeness (QED) is 0.897. The van der Waals surface area contributed by atoms with Crippen molar-refractivity contribution >= 4 is 5.91 Å². The van der Waals surface area contributed by atoms with Crippen LogP contribution in [0, 0.1) is 6.92 Å². The Kier molecular flexibility index (Phi) is 3.63. The molecule has 7 heteroatoms. The van der Waals surface area contributed by atoms with Gasteiger partial charge in [0.05, 0.1) is 0 Å². The Morgan fingerprint density at radius 3 is 2.79 bits per heavy atom. The van der Waals surface area contributed by atoms with Crippen LogP contribution in [0.4, 0.5) is 0 Å². The maximum Gasteiger partial charge on any atom is 0.265 e. The molecule has 0 fully saturated rings. The molecule has 24 heavy (non-hydrogen) atoms. The van der Waals surface area contributed by atoms with Gasteiger partial charge in [0, 0.05) is 19.0 Å². The van der Waals surface area contributed by atoms with Crippen LogP contribution in [-0.2, 0) is 17.8 Å². The highest BCUT2D eigenvalue weighted by Crippen LogP contribution is 2.33. The Labute approximate surface area is 140 Å². The molecule has 1 N–H and O–H groups in total. The summed E-state index contributed by atoms with van der Waals surface area (Å²) < 4.78 is 13.7. The van der Waals surface area contributed by atoms with E-state index in [2.05, 4.69) is 20.1 Å². The van der Waals surface area contributed by atoms with Crippen molar-refractivity contribution in [3.8, 4) is 11.5 Å². The molecule has 0 unspecified atom stereocenters. The number of aromatic nitrogens is 3. The Bertz CT molecular complexity index is 773. The van der Waals surface area contributed by atoms with E-state index >= 15 is 0 Å². The lowest BCUT2D eigenvalue weighted by molar-refractivity contribution is -0.134. The Balaban J connectivity index is 1.45. The number of benzene rings is 1. The number of nitrogens with one attached hydrogen (secondary N) is 1. The number of fused-ring (bicyclic) bond motifs is 2. The number of para-hydroxylation sites is 2. The molecule has 2 aliphatic rings. The zero-order valence-electron chi connectivity index (χ0n) is 13.7. The molecule has 0 saturated heterocycles. The van der Waals surface area contributed by atoms with Gasteiger partial charge in [0.15, 0.2) is 11.5 Å². The first-order valence-electron chi connectivity index (χ1n) is 8.23. The van der Waals surface area contributed by atoms with Crippen molar-refractivity contribution in [3.63, 3.8) is 0 Å². The van der Waals surface area contributed by atoms with Crippen LogP contribution in [0.2, 0.25) is 0 Å². The molecule has 0 radical (unpaired) electrons. The topological polar surface area (TPSA) is 78.3 Å². The summed E-state index contributed by atoms with van der Waals surface area (Å²) in [6.45, 7) is 4.47. The molecule has 0 bridgehead atoms. The van der Waals surface area contributed by atoms with E-state index in [9.17, 15) is 4.79 Å². The second-order valence-electron chi connectivity index (χ2n) is 6.33. The maximum absolute atomic E-state index is 12.7. The SMILES string of the molecule is Cc1nnc2n1C[C@H](NC(=O)[C@@H]1Oc3ccccc3O[C@@H]1C)CC2. The van der Waals surface area contributed by atoms with Gasteiger partial charge >= 0.3 is 0 Å². The molecule has 2 aliphatic heterocycles. The van der Waals surface area contributed by atoms with Gasteiger partial charge in [-0.1, -0.05) is 12.1 Å². The van der Waals surface area contributed by atoms with Crippen molar-refractivity contribution in [2.24, 2.45) is 0 Å². The predicted molar refractivity (Wildman–Crippen MR) is 86.0 cm³/mol. The average molecular weight is 328 g/mol. The summed E-state index contributed by atoms with van der Waals surface area (Å²) in [5, 5.41) is 11.3. The zero-order valence-corrected chi connectivity index (χ0v) is 13.7. The molecular weight excluding hydrogens is 308 g/mol. The summed E-state index contributed by atoms with van der Waals surface area (Å²) >= 11 is 0. The van der Waals surface area contributed by atoms with Crippen molar-refractivity contribution in [1.29, 1.82) is 0 Å². The number of amides is 1. The van der Waals surface area contributed by atoms with Crippen LogP contribution in [0.25, 0.3) is 0 Å². The van der Waals surface area contributed by atoms with Crippen LogP contribution in [0.1, 0.15) is 25.0 Å². The summed E-state index contributed by atoms with van der Waals surface area (Å²) in [6.07, 6.45) is 0.674. The smallest absolute Gasteiger partial charge is 0.265 e. The molecular formula is C17H20N4O3. The monoisotopic (exact) mass is 328 g/mol. The van der Waals surface area contributed by atoms with Gasteiger partial charge in [-0.3, -0.25) is 4.79 Å². The largest absolute Gasteiger partial charge is 0.482 e. The summed E-state index contributed by atoms with van der Waals surface area (Å²) in [5.41, 5.74) is 0. The first-order valence-corrected chi connectivity index (χ1v) is 8.23. The minimum atomic E-state index is -0.650. The molecule has 1 amide bonds. The van der Waals surface area contributed by atoms with Gasteiger partial charge in [0.1, 0.15) is 17.8 Å². The van der Waals surface area contributed by atoms with Gasteiger partial charge in [0.25, 0.3) is 5.91 Å². The summed E-state index contributed by atoms with van der Waals surface area (Å²) in [6, 6.07) is 7.46. The fourth-order valence-corrected chi connectivity index (χ4v) is 3.27. The first-order chi connectivity index (χ1) is 11.6. The lowest BCUT2D eigenvalue weighted by atomic mass is 10.1. The summed E-state index contributed by atoms with van der Waals surface area (Å²) in [4.78, 5) is 12.7. The first kappa shape index (κ1) is 15.0. The van der Waals surface area contributed by atoms with Gasteiger partial charge in [-0.15, -0.1) is 10.2 Å². The molecule has 3 heterocycles. The molecule has 1 aromatic heterocycles. The third-order valence-corrected chi connectivity index (χ3v) is 4.58. The number of hydrogen-bond donors (Lipinski definition) is 1. The van der Waals surface area contributed by atoms with Gasteiger partial charge in [0.2, 0.25) is 6.10 Å². The molecule has 2 aromatic rings. The van der Waals surface area contributed by atoms with E-state index in [4.69, 9.17) is 9.47 Å². The van der Waals surface area contributed by atoms with Crippen molar-refractivity contribution < 1.29 is 14.3 Å². The second-order valence-corrected chi connectivity index (χ2v) is 6.33. The zero-order chi connectivity index (χ0) is 16.7.